The molecule has 2 N–H and O–H groups in total. The van der Waals surface area contributed by atoms with Crippen molar-refractivity contribution in [3.63, 3.8) is 0 Å². The van der Waals surface area contributed by atoms with E-state index in [9.17, 15) is 13.2 Å². The minimum absolute atomic E-state index is 0.00949. The van der Waals surface area contributed by atoms with Gasteiger partial charge in [-0.3, -0.25) is 5.32 Å². The molecule has 1 aromatic heterocycles. The van der Waals surface area contributed by atoms with Crippen LogP contribution in [0.2, 0.25) is 0 Å². The number of sulfone groups is 1. The summed E-state index contributed by atoms with van der Waals surface area (Å²) in [6, 6.07) is -0.753. The first kappa shape index (κ1) is 12.2. The van der Waals surface area contributed by atoms with E-state index in [4.69, 9.17) is 0 Å². The summed E-state index contributed by atoms with van der Waals surface area (Å²) in [5.41, 5.74) is 0. The predicted octanol–water partition coefficient (Wildman–Crippen LogP) is 0.155. The van der Waals surface area contributed by atoms with Gasteiger partial charge >= 0.3 is 6.03 Å². The molecule has 0 aromatic carbocycles. The van der Waals surface area contributed by atoms with Crippen molar-refractivity contribution in [1.29, 1.82) is 0 Å². The SMILES string of the molecule is Cc1nnc(NC(=O)N[C@@H]2CCS(=O)(=O)C2)s1. The molecule has 1 saturated heterocycles. The van der Waals surface area contributed by atoms with Gasteiger partial charge in [0, 0.05) is 6.04 Å². The largest absolute Gasteiger partial charge is 0.334 e. The highest BCUT2D eigenvalue weighted by Gasteiger charge is 2.28. The van der Waals surface area contributed by atoms with Crippen molar-refractivity contribution in [3.8, 4) is 0 Å². The van der Waals surface area contributed by atoms with Crippen molar-refractivity contribution in [2.75, 3.05) is 16.8 Å². The van der Waals surface area contributed by atoms with Crippen molar-refractivity contribution < 1.29 is 13.2 Å². The third kappa shape index (κ3) is 3.37. The fourth-order valence-electron chi connectivity index (χ4n) is 1.57. The molecule has 1 aromatic rings. The number of rotatable bonds is 2. The summed E-state index contributed by atoms with van der Waals surface area (Å²) in [5, 5.41) is 13.8. The number of anilines is 1. The highest BCUT2D eigenvalue weighted by molar-refractivity contribution is 7.91. The summed E-state index contributed by atoms with van der Waals surface area (Å²) in [6.07, 6.45) is 0.463. The maximum atomic E-state index is 11.5. The van der Waals surface area contributed by atoms with E-state index in [-0.39, 0.29) is 17.5 Å². The van der Waals surface area contributed by atoms with Gasteiger partial charge in [0.2, 0.25) is 5.13 Å². The maximum absolute atomic E-state index is 11.5. The molecule has 94 valence electrons. The standard InChI is InChI=1S/C8H12N4O3S2/c1-5-11-12-8(16-5)10-7(13)9-6-2-3-17(14,15)4-6/h6H,2-4H2,1H3,(H2,9,10,12,13)/t6-/m1/s1. The quantitative estimate of drug-likeness (QED) is 0.801. The number of amides is 2. The molecule has 9 heteroatoms. The van der Waals surface area contributed by atoms with E-state index in [0.29, 0.717) is 11.6 Å². The maximum Gasteiger partial charge on any atom is 0.321 e. The highest BCUT2D eigenvalue weighted by atomic mass is 32.2. The Bertz CT molecular complexity index is 525. The fraction of sp³-hybridized carbons (Fsp3) is 0.625. The zero-order valence-electron chi connectivity index (χ0n) is 9.13. The Labute approximate surface area is 103 Å². The number of nitrogens with one attached hydrogen (secondary N) is 2. The Kier molecular flexibility index (Phi) is 3.29. The molecule has 2 rings (SSSR count). The van der Waals surface area contributed by atoms with Crippen LogP contribution in [0.15, 0.2) is 0 Å². The van der Waals surface area contributed by atoms with Gasteiger partial charge in [-0.1, -0.05) is 11.3 Å². The van der Waals surface area contributed by atoms with Crippen LogP contribution in [-0.2, 0) is 9.84 Å². The van der Waals surface area contributed by atoms with E-state index in [1.165, 1.54) is 11.3 Å². The van der Waals surface area contributed by atoms with Gasteiger partial charge < -0.3 is 5.32 Å². The van der Waals surface area contributed by atoms with Crippen LogP contribution in [-0.4, -0.2) is 42.2 Å². The predicted molar refractivity (Wildman–Crippen MR) is 63.9 cm³/mol. The Balaban J connectivity index is 1.86. The van der Waals surface area contributed by atoms with Crippen LogP contribution in [0.5, 0.6) is 0 Å². The normalized spacial score (nSPS) is 22.3. The van der Waals surface area contributed by atoms with Crippen LogP contribution in [0.4, 0.5) is 9.93 Å². The van der Waals surface area contributed by atoms with Crippen molar-refractivity contribution in [3.05, 3.63) is 5.01 Å². The third-order valence-corrected chi connectivity index (χ3v) is 4.84. The molecule has 1 fully saturated rings. The number of nitrogens with zero attached hydrogens (tertiary/aromatic N) is 2. The molecule has 1 atom stereocenters. The molecule has 0 saturated carbocycles. The molecule has 0 aliphatic carbocycles. The van der Waals surface area contributed by atoms with Gasteiger partial charge in [-0.2, -0.15) is 0 Å². The number of urea groups is 1. The van der Waals surface area contributed by atoms with E-state index in [0.717, 1.165) is 5.01 Å². The zero-order valence-corrected chi connectivity index (χ0v) is 10.8. The Hall–Kier alpha value is -1.22. The van der Waals surface area contributed by atoms with E-state index in [1.807, 2.05) is 0 Å². The van der Waals surface area contributed by atoms with Gasteiger partial charge in [0.05, 0.1) is 11.5 Å². The Morgan fingerprint density at radius 1 is 1.47 bits per heavy atom. The number of hydrogen-bond donors (Lipinski definition) is 2. The number of carbonyl (C=O) groups is 1. The minimum atomic E-state index is -2.98. The summed E-state index contributed by atoms with van der Waals surface area (Å²) in [6.45, 7) is 1.78. The van der Waals surface area contributed by atoms with E-state index < -0.39 is 15.9 Å². The Morgan fingerprint density at radius 3 is 2.76 bits per heavy atom. The number of carbonyl (C=O) groups excluding carboxylic acids is 1. The molecule has 2 heterocycles. The molecular formula is C8H12N4O3S2. The second kappa shape index (κ2) is 4.57. The molecule has 0 spiro atoms. The summed E-state index contributed by atoms with van der Waals surface area (Å²) >= 11 is 1.26. The van der Waals surface area contributed by atoms with Crippen molar-refractivity contribution in [1.82, 2.24) is 15.5 Å². The van der Waals surface area contributed by atoms with Crippen LogP contribution < -0.4 is 10.6 Å². The van der Waals surface area contributed by atoms with E-state index in [2.05, 4.69) is 20.8 Å². The average Bonchev–Trinajstić information content (AvgIpc) is 2.73. The summed E-state index contributed by atoms with van der Waals surface area (Å²) in [5.74, 6) is 0.144. The highest BCUT2D eigenvalue weighted by Crippen LogP contribution is 2.14. The first-order valence-electron chi connectivity index (χ1n) is 5.03. The smallest absolute Gasteiger partial charge is 0.321 e. The molecule has 7 nitrogen and oxygen atoms in total. The summed E-state index contributed by atoms with van der Waals surface area (Å²) < 4.78 is 22.4. The Morgan fingerprint density at radius 2 is 2.24 bits per heavy atom. The van der Waals surface area contributed by atoms with Gasteiger partial charge in [-0.15, -0.1) is 10.2 Å². The minimum Gasteiger partial charge on any atom is -0.334 e. The number of aromatic nitrogens is 2. The second-order valence-electron chi connectivity index (χ2n) is 3.82. The van der Waals surface area contributed by atoms with Crippen molar-refractivity contribution in [2.45, 2.75) is 19.4 Å². The monoisotopic (exact) mass is 276 g/mol. The molecule has 0 radical (unpaired) electrons. The van der Waals surface area contributed by atoms with Gasteiger partial charge in [-0.25, -0.2) is 13.2 Å². The molecule has 2 amide bonds. The van der Waals surface area contributed by atoms with Crippen LogP contribution in [0.25, 0.3) is 0 Å². The van der Waals surface area contributed by atoms with Crippen LogP contribution in [0.3, 0.4) is 0 Å². The molecule has 17 heavy (non-hydrogen) atoms. The van der Waals surface area contributed by atoms with Gasteiger partial charge in [0.15, 0.2) is 9.84 Å². The lowest BCUT2D eigenvalue weighted by molar-refractivity contribution is 0.249. The lowest BCUT2D eigenvalue weighted by Gasteiger charge is -2.09. The van der Waals surface area contributed by atoms with Crippen LogP contribution in [0.1, 0.15) is 11.4 Å². The second-order valence-corrected chi connectivity index (χ2v) is 7.24. The molecule has 0 bridgehead atoms. The van der Waals surface area contributed by atoms with Crippen LogP contribution >= 0.6 is 11.3 Å². The summed E-state index contributed by atoms with van der Waals surface area (Å²) in [4.78, 5) is 11.5. The molecular weight excluding hydrogens is 264 g/mol. The topological polar surface area (TPSA) is 101 Å². The average molecular weight is 276 g/mol. The number of aryl methyl sites for hydroxylation is 1. The fourth-order valence-corrected chi connectivity index (χ4v) is 3.83. The third-order valence-electron chi connectivity index (χ3n) is 2.31. The lowest BCUT2D eigenvalue weighted by atomic mass is 10.3. The molecule has 1 aliphatic heterocycles. The van der Waals surface area contributed by atoms with Crippen molar-refractivity contribution in [2.24, 2.45) is 0 Å². The van der Waals surface area contributed by atoms with Gasteiger partial charge in [-0.05, 0) is 13.3 Å². The van der Waals surface area contributed by atoms with E-state index >= 15 is 0 Å². The molecule has 1 aliphatic rings. The zero-order chi connectivity index (χ0) is 12.5. The van der Waals surface area contributed by atoms with Crippen molar-refractivity contribution >= 4 is 32.3 Å². The molecule has 0 unspecified atom stereocenters. The number of hydrogen-bond acceptors (Lipinski definition) is 6. The van der Waals surface area contributed by atoms with E-state index in [1.54, 1.807) is 6.92 Å². The van der Waals surface area contributed by atoms with Gasteiger partial charge in [0.25, 0.3) is 0 Å². The summed E-state index contributed by atoms with van der Waals surface area (Å²) in [7, 11) is -2.98. The first-order chi connectivity index (χ1) is 7.94. The first-order valence-corrected chi connectivity index (χ1v) is 7.66. The van der Waals surface area contributed by atoms with Gasteiger partial charge in [0.1, 0.15) is 5.01 Å². The van der Waals surface area contributed by atoms with Crippen LogP contribution in [0, 0.1) is 6.92 Å². The lowest BCUT2D eigenvalue weighted by Crippen LogP contribution is -2.38.